The first-order valence-corrected chi connectivity index (χ1v) is 5.59. The molecule has 1 aromatic heterocycles. The van der Waals surface area contributed by atoms with Gasteiger partial charge in [-0.2, -0.15) is 0 Å². The molecule has 0 spiro atoms. The molecule has 2 N–H and O–H groups in total. The molecule has 100 valence electrons. The maximum absolute atomic E-state index is 5.53. The lowest BCUT2D eigenvalue weighted by Gasteiger charge is -2.04. The number of aromatic nitrogens is 1. The van der Waals surface area contributed by atoms with Crippen LogP contribution in [0.1, 0.15) is 6.92 Å². The number of pyridine rings is 1. The first-order chi connectivity index (χ1) is 7.83. The fraction of sp³-hybridized carbons (Fsp3) is 0.308. The smallest absolute Gasteiger partial charge is 0.176 e. The summed E-state index contributed by atoms with van der Waals surface area (Å²) in [7, 11) is 0. The molecular formula is C13H18Br2N2O. The van der Waals surface area contributed by atoms with Crippen LogP contribution in [-0.4, -0.2) is 13.2 Å². The van der Waals surface area contributed by atoms with Crippen LogP contribution in [0.3, 0.4) is 0 Å². The number of hydrogen-bond donors (Lipinski definition) is 1. The highest BCUT2D eigenvalue weighted by molar-refractivity contribution is 8.93. The molecule has 0 bridgehead atoms. The van der Waals surface area contributed by atoms with Gasteiger partial charge in [-0.3, -0.25) is 0 Å². The highest BCUT2D eigenvalue weighted by Crippen LogP contribution is 2.19. The second-order valence-electron chi connectivity index (χ2n) is 3.70. The maximum Gasteiger partial charge on any atom is 0.176 e. The van der Waals surface area contributed by atoms with Gasteiger partial charge in [0.1, 0.15) is 5.75 Å². The SMILES string of the molecule is Br.CCOc1ccc2c[n+](CCN)ccc2c1.[Br-]. The average Bonchev–Trinajstić information content (AvgIpc) is 2.30. The van der Waals surface area contributed by atoms with E-state index in [9.17, 15) is 0 Å². The van der Waals surface area contributed by atoms with E-state index in [0.29, 0.717) is 13.2 Å². The van der Waals surface area contributed by atoms with Crippen molar-refractivity contribution in [1.29, 1.82) is 0 Å². The zero-order chi connectivity index (χ0) is 11.4. The Bertz CT molecular complexity index is 446. The van der Waals surface area contributed by atoms with E-state index < -0.39 is 0 Å². The minimum Gasteiger partial charge on any atom is -1.00 e. The molecule has 0 aliphatic rings. The first-order valence-electron chi connectivity index (χ1n) is 5.59. The quantitative estimate of drug-likeness (QED) is 0.699. The molecule has 0 saturated carbocycles. The Morgan fingerprint density at radius 1 is 1.22 bits per heavy atom. The summed E-state index contributed by atoms with van der Waals surface area (Å²) >= 11 is 0. The predicted molar refractivity (Wildman–Crippen MR) is 74.7 cm³/mol. The summed E-state index contributed by atoms with van der Waals surface area (Å²) in [4.78, 5) is 0. The molecule has 1 heterocycles. The van der Waals surface area contributed by atoms with Gasteiger partial charge in [-0.05, 0) is 30.5 Å². The minimum absolute atomic E-state index is 0. The van der Waals surface area contributed by atoms with Gasteiger partial charge in [-0.15, -0.1) is 17.0 Å². The normalized spacial score (nSPS) is 9.44. The summed E-state index contributed by atoms with van der Waals surface area (Å²) in [5, 5.41) is 2.40. The number of fused-ring (bicyclic) bond motifs is 1. The highest BCUT2D eigenvalue weighted by atomic mass is 79.9. The topological polar surface area (TPSA) is 39.1 Å². The number of ether oxygens (including phenoxy) is 1. The van der Waals surface area contributed by atoms with Gasteiger partial charge in [0.15, 0.2) is 18.9 Å². The number of nitrogens with two attached hydrogens (primary N) is 1. The Hall–Kier alpha value is -0.650. The van der Waals surface area contributed by atoms with Crippen molar-refractivity contribution in [2.24, 2.45) is 5.73 Å². The van der Waals surface area contributed by atoms with Gasteiger partial charge in [0, 0.05) is 11.5 Å². The Labute approximate surface area is 128 Å². The second kappa shape index (κ2) is 8.45. The first kappa shape index (κ1) is 17.4. The maximum atomic E-state index is 5.53. The lowest BCUT2D eigenvalue weighted by atomic mass is 10.2. The van der Waals surface area contributed by atoms with Crippen molar-refractivity contribution in [1.82, 2.24) is 0 Å². The van der Waals surface area contributed by atoms with Gasteiger partial charge in [-0.25, -0.2) is 4.57 Å². The molecule has 0 atom stereocenters. The van der Waals surface area contributed by atoms with Crippen LogP contribution in [0.2, 0.25) is 0 Å². The third kappa shape index (κ3) is 4.23. The molecule has 2 rings (SSSR count). The largest absolute Gasteiger partial charge is 1.00 e. The van der Waals surface area contributed by atoms with Gasteiger partial charge >= 0.3 is 0 Å². The van der Waals surface area contributed by atoms with Gasteiger partial charge in [0.25, 0.3) is 0 Å². The molecule has 0 amide bonds. The minimum atomic E-state index is 0. The Balaban J connectivity index is 0.00000144. The Morgan fingerprint density at radius 3 is 2.67 bits per heavy atom. The van der Waals surface area contributed by atoms with Crippen LogP contribution < -0.4 is 32.0 Å². The molecule has 2 aromatic rings. The van der Waals surface area contributed by atoms with Crippen molar-refractivity contribution in [3.8, 4) is 5.75 Å². The second-order valence-corrected chi connectivity index (χ2v) is 3.70. The molecule has 0 fully saturated rings. The van der Waals surface area contributed by atoms with Crippen molar-refractivity contribution < 1.29 is 26.3 Å². The number of halogens is 2. The van der Waals surface area contributed by atoms with Crippen LogP contribution in [0.15, 0.2) is 36.7 Å². The number of benzene rings is 1. The summed E-state index contributed by atoms with van der Waals surface area (Å²) in [6.45, 7) is 4.20. The van der Waals surface area contributed by atoms with Crippen LogP contribution in [0.4, 0.5) is 0 Å². The Kier molecular flexibility index (Phi) is 8.15. The van der Waals surface area contributed by atoms with Crippen LogP contribution in [0, 0.1) is 0 Å². The Morgan fingerprint density at radius 2 is 2.00 bits per heavy atom. The molecule has 18 heavy (non-hydrogen) atoms. The molecule has 1 aromatic carbocycles. The lowest BCUT2D eigenvalue weighted by molar-refractivity contribution is -0.693. The summed E-state index contributed by atoms with van der Waals surface area (Å²) in [5.74, 6) is 0.923. The highest BCUT2D eigenvalue weighted by Gasteiger charge is 2.03. The van der Waals surface area contributed by atoms with Crippen molar-refractivity contribution >= 4 is 27.8 Å². The molecule has 0 radical (unpaired) electrons. The van der Waals surface area contributed by atoms with Crippen LogP contribution in [0.25, 0.3) is 10.8 Å². The van der Waals surface area contributed by atoms with Crippen molar-refractivity contribution in [3.05, 3.63) is 36.7 Å². The van der Waals surface area contributed by atoms with Gasteiger partial charge in [0.2, 0.25) is 0 Å². The van der Waals surface area contributed by atoms with Gasteiger partial charge in [0.05, 0.1) is 13.2 Å². The van der Waals surface area contributed by atoms with E-state index >= 15 is 0 Å². The summed E-state index contributed by atoms with van der Waals surface area (Å²) in [6.07, 6.45) is 4.16. The van der Waals surface area contributed by atoms with E-state index in [1.54, 1.807) is 0 Å². The van der Waals surface area contributed by atoms with E-state index in [2.05, 4.69) is 29.0 Å². The number of nitrogens with zero attached hydrogens (tertiary/aromatic N) is 1. The van der Waals surface area contributed by atoms with E-state index in [1.165, 1.54) is 10.8 Å². The zero-order valence-corrected chi connectivity index (χ0v) is 13.6. The van der Waals surface area contributed by atoms with E-state index in [0.717, 1.165) is 12.3 Å². The zero-order valence-electron chi connectivity index (χ0n) is 10.3. The van der Waals surface area contributed by atoms with Crippen molar-refractivity contribution in [2.45, 2.75) is 13.5 Å². The lowest BCUT2D eigenvalue weighted by Crippen LogP contribution is -3.00. The molecule has 5 heteroatoms. The van der Waals surface area contributed by atoms with E-state index in [4.69, 9.17) is 10.5 Å². The number of rotatable bonds is 4. The fourth-order valence-corrected chi connectivity index (χ4v) is 1.76. The van der Waals surface area contributed by atoms with E-state index in [1.807, 2.05) is 19.2 Å². The third-order valence-electron chi connectivity index (χ3n) is 2.51. The standard InChI is InChI=1S/C13H17N2O.2BrH/c1-2-16-13-4-3-12-10-15(8-6-14)7-5-11(12)9-13;;/h3-5,7,9-10H,2,6,8,14H2,1H3;2*1H/q+1;;/p-1. The van der Waals surface area contributed by atoms with Crippen LogP contribution in [0.5, 0.6) is 5.75 Å². The van der Waals surface area contributed by atoms with Crippen molar-refractivity contribution in [2.75, 3.05) is 13.2 Å². The average molecular weight is 378 g/mol. The van der Waals surface area contributed by atoms with Gasteiger partial charge in [-0.1, -0.05) is 0 Å². The van der Waals surface area contributed by atoms with Crippen LogP contribution in [-0.2, 0) is 6.54 Å². The molecule has 0 unspecified atom stereocenters. The van der Waals surface area contributed by atoms with Crippen LogP contribution >= 0.6 is 17.0 Å². The molecule has 0 aliphatic heterocycles. The molecular weight excluding hydrogens is 360 g/mol. The predicted octanol–water partition coefficient (Wildman–Crippen LogP) is -0.933. The van der Waals surface area contributed by atoms with Gasteiger partial charge < -0.3 is 27.5 Å². The molecule has 3 nitrogen and oxygen atoms in total. The summed E-state index contributed by atoms with van der Waals surface area (Å²) < 4.78 is 7.56. The fourth-order valence-electron chi connectivity index (χ4n) is 1.76. The third-order valence-corrected chi connectivity index (χ3v) is 2.51. The summed E-state index contributed by atoms with van der Waals surface area (Å²) in [6, 6.07) is 8.23. The molecule has 0 saturated heterocycles. The molecule has 0 aliphatic carbocycles. The van der Waals surface area contributed by atoms with Crippen molar-refractivity contribution in [3.63, 3.8) is 0 Å². The monoisotopic (exact) mass is 376 g/mol. The number of hydrogen-bond acceptors (Lipinski definition) is 2. The summed E-state index contributed by atoms with van der Waals surface area (Å²) in [5.41, 5.74) is 5.53. The van der Waals surface area contributed by atoms with E-state index in [-0.39, 0.29) is 34.0 Å².